The van der Waals surface area contributed by atoms with Gasteiger partial charge < -0.3 is 15.3 Å². The van der Waals surface area contributed by atoms with Gasteiger partial charge in [0.1, 0.15) is 6.23 Å². The summed E-state index contributed by atoms with van der Waals surface area (Å²) in [6.45, 7) is 0.500. The second-order valence-corrected chi connectivity index (χ2v) is 3.51. The van der Waals surface area contributed by atoms with Crippen LogP contribution in [-0.4, -0.2) is 17.9 Å². The summed E-state index contributed by atoms with van der Waals surface area (Å²) in [5, 5.41) is 12.9. The van der Waals surface area contributed by atoms with Crippen LogP contribution in [0.1, 0.15) is 0 Å². The van der Waals surface area contributed by atoms with E-state index in [2.05, 4.69) is 5.32 Å². The summed E-state index contributed by atoms with van der Waals surface area (Å²) in [6.07, 6.45) is 3.02. The average Bonchev–Trinajstić information content (AvgIpc) is 2.18. The van der Waals surface area contributed by atoms with Crippen molar-refractivity contribution < 1.29 is 5.11 Å². The largest absolute Gasteiger partial charge is 0.372 e. The molecule has 0 bridgehead atoms. The van der Waals surface area contributed by atoms with E-state index in [1.165, 1.54) is 0 Å². The van der Waals surface area contributed by atoms with E-state index in [1.54, 1.807) is 6.20 Å². The van der Waals surface area contributed by atoms with E-state index >= 15 is 0 Å². The van der Waals surface area contributed by atoms with E-state index in [0.29, 0.717) is 11.6 Å². The second kappa shape index (κ2) is 3.90. The van der Waals surface area contributed by atoms with Gasteiger partial charge in [0, 0.05) is 12.4 Å². The van der Waals surface area contributed by atoms with E-state index in [0.717, 1.165) is 5.69 Å². The second-order valence-electron chi connectivity index (χ2n) is 3.10. The fraction of sp³-hybridized carbons (Fsp3) is 0.200. The third kappa shape index (κ3) is 1.84. The molecule has 3 nitrogen and oxygen atoms in total. The topological polar surface area (TPSA) is 35.5 Å². The first-order chi connectivity index (χ1) is 6.77. The number of nitrogens with one attached hydrogen (secondary N) is 1. The highest BCUT2D eigenvalue weighted by molar-refractivity contribution is 6.33. The zero-order valence-corrected chi connectivity index (χ0v) is 8.28. The third-order valence-corrected chi connectivity index (χ3v) is 2.39. The van der Waals surface area contributed by atoms with Gasteiger partial charge in [-0.2, -0.15) is 0 Å². The van der Waals surface area contributed by atoms with Gasteiger partial charge in [-0.25, -0.2) is 0 Å². The van der Waals surface area contributed by atoms with Crippen molar-refractivity contribution in [1.82, 2.24) is 5.32 Å². The number of rotatable bonds is 1. The third-order valence-electron chi connectivity index (χ3n) is 2.07. The van der Waals surface area contributed by atoms with Crippen molar-refractivity contribution in [3.8, 4) is 0 Å². The number of para-hydroxylation sites is 1. The predicted molar refractivity (Wildman–Crippen MR) is 57.1 cm³/mol. The van der Waals surface area contributed by atoms with Crippen LogP contribution < -0.4 is 10.2 Å². The molecule has 4 heteroatoms. The molecule has 1 aromatic carbocycles. The fourth-order valence-corrected chi connectivity index (χ4v) is 1.65. The highest BCUT2D eigenvalue weighted by atomic mass is 35.5. The lowest BCUT2D eigenvalue weighted by molar-refractivity contribution is 0.157. The Kier molecular flexibility index (Phi) is 2.61. The maximum absolute atomic E-state index is 9.38. The maximum atomic E-state index is 9.38. The minimum atomic E-state index is -0.545. The Morgan fingerprint density at radius 3 is 2.93 bits per heavy atom. The van der Waals surface area contributed by atoms with Crippen molar-refractivity contribution >= 4 is 17.3 Å². The van der Waals surface area contributed by atoms with Crippen LogP contribution >= 0.6 is 11.6 Å². The van der Waals surface area contributed by atoms with E-state index in [4.69, 9.17) is 11.6 Å². The number of anilines is 1. The van der Waals surface area contributed by atoms with Crippen LogP contribution in [-0.2, 0) is 0 Å². The molecule has 0 amide bonds. The van der Waals surface area contributed by atoms with Crippen LogP contribution in [0.2, 0.25) is 5.02 Å². The lowest BCUT2D eigenvalue weighted by Gasteiger charge is -2.28. The summed E-state index contributed by atoms with van der Waals surface area (Å²) in [6, 6.07) is 7.56. The minimum absolute atomic E-state index is 0.500. The Morgan fingerprint density at radius 2 is 2.21 bits per heavy atom. The SMILES string of the molecule is OC1CN(c2ccccc2Cl)C=CN1. The van der Waals surface area contributed by atoms with Crippen LogP contribution in [0.15, 0.2) is 36.7 Å². The summed E-state index contributed by atoms with van der Waals surface area (Å²) in [5.74, 6) is 0. The van der Waals surface area contributed by atoms with Crippen molar-refractivity contribution in [2.75, 3.05) is 11.4 Å². The van der Waals surface area contributed by atoms with Crippen molar-refractivity contribution in [3.63, 3.8) is 0 Å². The predicted octanol–water partition coefficient (Wildman–Crippen LogP) is 1.54. The normalized spacial score (nSPS) is 20.7. The van der Waals surface area contributed by atoms with Crippen molar-refractivity contribution in [2.24, 2.45) is 0 Å². The first kappa shape index (κ1) is 9.37. The van der Waals surface area contributed by atoms with Crippen molar-refractivity contribution in [1.29, 1.82) is 0 Å². The number of aliphatic hydroxyl groups is 1. The van der Waals surface area contributed by atoms with Crippen LogP contribution in [0, 0.1) is 0 Å². The van der Waals surface area contributed by atoms with Crippen molar-refractivity contribution in [3.05, 3.63) is 41.7 Å². The van der Waals surface area contributed by atoms with Gasteiger partial charge in [0.05, 0.1) is 17.3 Å². The Bertz CT molecular complexity index is 354. The standard InChI is InChI=1S/C10H11ClN2O/c11-8-3-1-2-4-9(8)13-6-5-12-10(14)7-13/h1-6,10,12,14H,7H2. The molecule has 0 spiro atoms. The number of hydrogen-bond donors (Lipinski definition) is 2. The van der Waals surface area contributed by atoms with Gasteiger partial charge in [-0.1, -0.05) is 23.7 Å². The maximum Gasteiger partial charge on any atom is 0.142 e. The molecular weight excluding hydrogens is 200 g/mol. The van der Waals surface area contributed by atoms with Gasteiger partial charge in [-0.05, 0) is 12.1 Å². The molecule has 2 N–H and O–H groups in total. The lowest BCUT2D eigenvalue weighted by atomic mass is 10.2. The zero-order valence-electron chi connectivity index (χ0n) is 7.52. The molecule has 2 rings (SSSR count). The first-order valence-corrected chi connectivity index (χ1v) is 4.77. The molecule has 0 saturated carbocycles. The van der Waals surface area contributed by atoms with Gasteiger partial charge in [0.15, 0.2) is 0 Å². The highest BCUT2D eigenvalue weighted by Crippen LogP contribution is 2.26. The smallest absolute Gasteiger partial charge is 0.142 e. The van der Waals surface area contributed by atoms with Crippen LogP contribution in [0.3, 0.4) is 0 Å². The van der Waals surface area contributed by atoms with E-state index in [-0.39, 0.29) is 0 Å². The number of nitrogens with zero attached hydrogens (tertiary/aromatic N) is 1. The molecule has 0 radical (unpaired) electrons. The van der Waals surface area contributed by atoms with Crippen LogP contribution in [0.4, 0.5) is 5.69 Å². The monoisotopic (exact) mass is 210 g/mol. The van der Waals surface area contributed by atoms with Gasteiger partial charge in [0.2, 0.25) is 0 Å². The summed E-state index contributed by atoms with van der Waals surface area (Å²) in [7, 11) is 0. The van der Waals surface area contributed by atoms with Gasteiger partial charge in [0.25, 0.3) is 0 Å². The average molecular weight is 211 g/mol. The highest BCUT2D eigenvalue weighted by Gasteiger charge is 2.14. The number of hydrogen-bond acceptors (Lipinski definition) is 3. The number of benzene rings is 1. The lowest BCUT2D eigenvalue weighted by Crippen LogP contribution is -2.40. The minimum Gasteiger partial charge on any atom is -0.372 e. The Morgan fingerprint density at radius 1 is 1.43 bits per heavy atom. The molecule has 14 heavy (non-hydrogen) atoms. The summed E-state index contributed by atoms with van der Waals surface area (Å²) < 4.78 is 0. The van der Waals surface area contributed by atoms with Gasteiger partial charge >= 0.3 is 0 Å². The summed E-state index contributed by atoms with van der Waals surface area (Å²) in [4.78, 5) is 1.91. The Balaban J connectivity index is 2.27. The van der Waals surface area contributed by atoms with E-state index < -0.39 is 6.23 Å². The molecule has 1 unspecified atom stereocenters. The molecule has 1 atom stereocenters. The van der Waals surface area contributed by atoms with Gasteiger partial charge in [-0.15, -0.1) is 0 Å². The number of halogens is 1. The molecule has 74 valence electrons. The Labute approximate surface area is 87.6 Å². The Hall–Kier alpha value is -1.19. The number of β-amino-alcohol motifs (C(OH)–C–C–N with tert-alkyl or cyclic N) is 1. The fourth-order valence-electron chi connectivity index (χ4n) is 1.41. The van der Waals surface area contributed by atoms with Gasteiger partial charge in [-0.3, -0.25) is 0 Å². The molecule has 0 aromatic heterocycles. The molecular formula is C10H11ClN2O. The zero-order chi connectivity index (χ0) is 9.97. The first-order valence-electron chi connectivity index (χ1n) is 4.39. The molecule has 0 saturated heterocycles. The van der Waals surface area contributed by atoms with Crippen LogP contribution in [0.5, 0.6) is 0 Å². The molecule has 1 aliphatic rings. The molecule has 0 aliphatic carbocycles. The van der Waals surface area contributed by atoms with E-state index in [1.807, 2.05) is 35.4 Å². The summed E-state index contributed by atoms with van der Waals surface area (Å²) >= 11 is 6.03. The van der Waals surface area contributed by atoms with Crippen molar-refractivity contribution in [2.45, 2.75) is 6.23 Å². The molecule has 0 fully saturated rings. The number of aliphatic hydroxyl groups excluding tert-OH is 1. The quantitative estimate of drug-likeness (QED) is 0.738. The molecule has 1 aliphatic heterocycles. The molecule has 1 aromatic rings. The van der Waals surface area contributed by atoms with E-state index in [9.17, 15) is 5.11 Å². The summed E-state index contributed by atoms with van der Waals surface area (Å²) in [5.41, 5.74) is 0.908. The molecule has 1 heterocycles. The van der Waals surface area contributed by atoms with Crippen LogP contribution in [0.25, 0.3) is 0 Å².